The minimum Gasteiger partial charge on any atom is -0.508 e. The lowest BCUT2D eigenvalue weighted by Gasteiger charge is -2.10. The highest BCUT2D eigenvalue weighted by atomic mass is 79.9. The van der Waals surface area contributed by atoms with E-state index < -0.39 is 0 Å². The number of hydrogen-bond donors (Lipinski definition) is 2. The fraction of sp³-hybridized carbons (Fsp3) is 0.125. The van der Waals surface area contributed by atoms with Crippen LogP contribution in [0.3, 0.4) is 0 Å². The first-order valence-electron chi connectivity index (χ1n) is 7.22. The third-order valence-electron chi connectivity index (χ3n) is 3.43. The van der Waals surface area contributed by atoms with Gasteiger partial charge in [0.1, 0.15) is 12.1 Å². The van der Waals surface area contributed by atoms with Crippen LogP contribution >= 0.6 is 15.9 Å². The van der Waals surface area contributed by atoms with Gasteiger partial charge in [0.15, 0.2) is 0 Å². The number of carbonyl (C=O) groups excluding carboxylic acids is 1. The lowest BCUT2D eigenvalue weighted by molar-refractivity contribution is 0.0954. The molecule has 122 valence electrons. The molecule has 3 rings (SSSR count). The Bertz CT molecular complexity index is 834. The topological polar surface area (TPSA) is 92.9 Å². The summed E-state index contributed by atoms with van der Waals surface area (Å²) in [5.74, 6) is 0.0172. The Morgan fingerprint density at radius 3 is 2.71 bits per heavy atom. The minimum absolute atomic E-state index is 0.208. The number of phenolic OH excluding ortho intramolecular Hbond substituents is 1. The lowest BCUT2D eigenvalue weighted by Crippen LogP contribution is -2.27. The van der Waals surface area contributed by atoms with Crippen molar-refractivity contribution in [2.75, 3.05) is 6.54 Å². The number of nitrogens with one attached hydrogen (secondary N) is 1. The zero-order valence-electron chi connectivity index (χ0n) is 12.6. The number of tetrazole rings is 1. The van der Waals surface area contributed by atoms with Gasteiger partial charge in [0.05, 0.1) is 11.3 Å². The Balaban J connectivity index is 1.70. The van der Waals surface area contributed by atoms with Crippen molar-refractivity contribution in [1.29, 1.82) is 0 Å². The predicted octanol–water partition coefficient (Wildman–Crippen LogP) is 2.10. The van der Waals surface area contributed by atoms with Crippen LogP contribution in [0.15, 0.2) is 53.3 Å². The van der Waals surface area contributed by atoms with Crippen molar-refractivity contribution >= 4 is 21.8 Å². The first kappa shape index (κ1) is 16.1. The molecule has 0 atom stereocenters. The number of carbonyl (C=O) groups is 1. The van der Waals surface area contributed by atoms with Crippen molar-refractivity contribution in [2.45, 2.75) is 6.42 Å². The second-order valence-electron chi connectivity index (χ2n) is 5.09. The van der Waals surface area contributed by atoms with E-state index >= 15 is 0 Å². The van der Waals surface area contributed by atoms with Crippen molar-refractivity contribution in [3.05, 3.63) is 64.4 Å². The van der Waals surface area contributed by atoms with E-state index in [0.717, 1.165) is 10.0 Å². The summed E-state index contributed by atoms with van der Waals surface area (Å²) in [5.41, 5.74) is 2.11. The molecule has 24 heavy (non-hydrogen) atoms. The van der Waals surface area contributed by atoms with Gasteiger partial charge in [0.2, 0.25) is 0 Å². The summed E-state index contributed by atoms with van der Waals surface area (Å²) in [4.78, 5) is 12.5. The molecule has 0 unspecified atom stereocenters. The van der Waals surface area contributed by atoms with E-state index in [2.05, 4.69) is 36.8 Å². The average Bonchev–Trinajstić information content (AvgIpc) is 3.11. The molecule has 3 aromatic rings. The lowest BCUT2D eigenvalue weighted by atomic mass is 10.1. The Kier molecular flexibility index (Phi) is 4.85. The summed E-state index contributed by atoms with van der Waals surface area (Å²) in [7, 11) is 0. The molecule has 0 spiro atoms. The van der Waals surface area contributed by atoms with E-state index in [4.69, 9.17) is 0 Å². The van der Waals surface area contributed by atoms with Gasteiger partial charge < -0.3 is 10.4 Å². The Hall–Kier alpha value is -2.74. The Morgan fingerprint density at radius 2 is 2.00 bits per heavy atom. The highest BCUT2D eigenvalue weighted by Crippen LogP contribution is 2.19. The molecule has 2 N–H and O–H groups in total. The van der Waals surface area contributed by atoms with Crippen LogP contribution in [0.1, 0.15) is 15.9 Å². The highest BCUT2D eigenvalue weighted by Gasteiger charge is 2.14. The molecule has 7 nitrogen and oxygen atoms in total. The molecule has 1 heterocycles. The maximum absolute atomic E-state index is 12.5. The van der Waals surface area contributed by atoms with E-state index in [0.29, 0.717) is 24.2 Å². The maximum atomic E-state index is 12.5. The van der Waals surface area contributed by atoms with Crippen molar-refractivity contribution in [3.8, 4) is 11.4 Å². The second kappa shape index (κ2) is 7.22. The van der Waals surface area contributed by atoms with Crippen molar-refractivity contribution < 1.29 is 9.90 Å². The van der Waals surface area contributed by atoms with Crippen LogP contribution in [0.25, 0.3) is 5.69 Å². The van der Waals surface area contributed by atoms with Crippen LogP contribution in [0.5, 0.6) is 5.75 Å². The van der Waals surface area contributed by atoms with Gasteiger partial charge in [-0.1, -0.05) is 28.1 Å². The van der Waals surface area contributed by atoms with Crippen molar-refractivity contribution in [3.63, 3.8) is 0 Å². The average molecular weight is 388 g/mol. The van der Waals surface area contributed by atoms with E-state index in [9.17, 15) is 9.90 Å². The van der Waals surface area contributed by atoms with Gasteiger partial charge in [-0.3, -0.25) is 4.79 Å². The highest BCUT2D eigenvalue weighted by molar-refractivity contribution is 9.10. The fourth-order valence-corrected chi connectivity index (χ4v) is 2.60. The third kappa shape index (κ3) is 3.77. The van der Waals surface area contributed by atoms with Crippen LogP contribution < -0.4 is 5.32 Å². The van der Waals surface area contributed by atoms with Crippen LogP contribution in [0, 0.1) is 0 Å². The van der Waals surface area contributed by atoms with Crippen molar-refractivity contribution in [1.82, 2.24) is 25.5 Å². The Labute approximate surface area is 146 Å². The number of aromatic nitrogens is 4. The zero-order chi connectivity index (χ0) is 16.9. The number of phenols is 1. The van der Waals surface area contributed by atoms with Crippen LogP contribution in [-0.4, -0.2) is 37.8 Å². The molecule has 0 radical (unpaired) electrons. The molecular formula is C16H14BrN5O2. The van der Waals surface area contributed by atoms with Crippen LogP contribution in [-0.2, 0) is 6.42 Å². The molecule has 0 aliphatic rings. The third-order valence-corrected chi connectivity index (χ3v) is 3.93. The molecule has 1 aromatic heterocycles. The molecule has 0 aliphatic heterocycles. The van der Waals surface area contributed by atoms with Gasteiger partial charge >= 0.3 is 0 Å². The minimum atomic E-state index is -0.208. The normalized spacial score (nSPS) is 10.5. The van der Waals surface area contributed by atoms with E-state index in [-0.39, 0.29) is 11.7 Å². The van der Waals surface area contributed by atoms with E-state index in [1.807, 2.05) is 18.2 Å². The van der Waals surface area contributed by atoms with Crippen molar-refractivity contribution in [2.24, 2.45) is 0 Å². The zero-order valence-corrected chi connectivity index (χ0v) is 14.1. The van der Waals surface area contributed by atoms with Gasteiger partial charge in [-0.2, -0.15) is 4.68 Å². The second-order valence-corrected chi connectivity index (χ2v) is 6.00. The molecule has 0 fully saturated rings. The van der Waals surface area contributed by atoms with Gasteiger partial charge in [0, 0.05) is 11.0 Å². The smallest absolute Gasteiger partial charge is 0.253 e. The summed E-state index contributed by atoms with van der Waals surface area (Å²) >= 11 is 3.37. The first-order valence-corrected chi connectivity index (χ1v) is 8.02. The molecule has 0 saturated carbocycles. The predicted molar refractivity (Wildman–Crippen MR) is 91.0 cm³/mol. The number of aromatic hydroxyl groups is 1. The summed E-state index contributed by atoms with van der Waals surface area (Å²) in [6.07, 6.45) is 2.11. The first-order chi connectivity index (χ1) is 11.6. The van der Waals surface area contributed by atoms with E-state index in [1.165, 1.54) is 11.0 Å². The molecule has 8 heteroatoms. The largest absolute Gasteiger partial charge is 0.508 e. The summed E-state index contributed by atoms with van der Waals surface area (Å²) in [5, 5.41) is 23.2. The molecule has 2 aromatic carbocycles. The Morgan fingerprint density at radius 1 is 1.21 bits per heavy atom. The molecule has 0 saturated heterocycles. The standard InChI is InChI=1S/C16H14BrN5O2/c17-12-3-6-15(22-10-19-20-21-22)14(9-12)16(24)18-8-7-11-1-4-13(23)5-2-11/h1-6,9-10,23H,7-8H2,(H,18,24). The number of halogens is 1. The number of amides is 1. The molecule has 1 amide bonds. The molecule has 0 aliphatic carbocycles. The number of nitrogens with zero attached hydrogens (tertiary/aromatic N) is 4. The van der Waals surface area contributed by atoms with Crippen LogP contribution in [0.2, 0.25) is 0 Å². The van der Waals surface area contributed by atoms with E-state index in [1.54, 1.807) is 24.3 Å². The fourth-order valence-electron chi connectivity index (χ4n) is 2.24. The van der Waals surface area contributed by atoms with Gasteiger partial charge in [-0.25, -0.2) is 0 Å². The summed E-state index contributed by atoms with van der Waals surface area (Å²) in [6.45, 7) is 0.477. The van der Waals surface area contributed by atoms with Gasteiger partial charge in [0.25, 0.3) is 5.91 Å². The van der Waals surface area contributed by atoms with Crippen LogP contribution in [0.4, 0.5) is 0 Å². The van der Waals surface area contributed by atoms with Gasteiger partial charge in [-0.05, 0) is 52.7 Å². The number of benzene rings is 2. The summed E-state index contributed by atoms with van der Waals surface area (Å²) in [6, 6.07) is 12.2. The SMILES string of the molecule is O=C(NCCc1ccc(O)cc1)c1cc(Br)ccc1-n1cnnn1. The number of rotatable bonds is 5. The molecular weight excluding hydrogens is 374 g/mol. The monoisotopic (exact) mass is 387 g/mol. The molecule has 0 bridgehead atoms. The maximum Gasteiger partial charge on any atom is 0.253 e. The quantitative estimate of drug-likeness (QED) is 0.699. The summed E-state index contributed by atoms with van der Waals surface area (Å²) < 4.78 is 2.24. The van der Waals surface area contributed by atoms with Gasteiger partial charge in [-0.15, -0.1) is 5.10 Å². The number of hydrogen-bond acceptors (Lipinski definition) is 5.